The van der Waals surface area contributed by atoms with Crippen molar-refractivity contribution in [1.82, 2.24) is 5.32 Å². The monoisotopic (exact) mass is 385 g/mol. The molecule has 0 fully saturated rings. The van der Waals surface area contributed by atoms with E-state index in [-0.39, 0.29) is 12.4 Å². The highest BCUT2D eigenvalue weighted by molar-refractivity contribution is 6.31. The Morgan fingerprint density at radius 2 is 1.70 bits per heavy atom. The van der Waals surface area contributed by atoms with Crippen molar-refractivity contribution in [3.63, 3.8) is 0 Å². The normalized spacial score (nSPS) is 12.0. The lowest BCUT2D eigenvalue weighted by molar-refractivity contribution is 0.174. The van der Waals surface area contributed by atoms with E-state index in [0.29, 0.717) is 29.4 Å². The van der Waals surface area contributed by atoms with Crippen molar-refractivity contribution < 1.29 is 14.2 Å². The van der Waals surface area contributed by atoms with E-state index in [4.69, 9.17) is 16.3 Å². The van der Waals surface area contributed by atoms with Gasteiger partial charge in [-0.15, -0.1) is 0 Å². The molecule has 0 saturated heterocycles. The molecule has 5 heteroatoms. The minimum Gasteiger partial charge on any atom is -0.489 e. The Labute approximate surface area is 163 Å². The molecular formula is C22H21ClFNO2. The van der Waals surface area contributed by atoms with E-state index >= 15 is 0 Å². The molecule has 0 aromatic heterocycles. The van der Waals surface area contributed by atoms with Gasteiger partial charge in [0.15, 0.2) is 0 Å². The Bertz CT molecular complexity index is 836. The van der Waals surface area contributed by atoms with Crippen molar-refractivity contribution in [2.75, 3.05) is 6.54 Å². The van der Waals surface area contributed by atoms with E-state index in [1.807, 2.05) is 54.6 Å². The summed E-state index contributed by atoms with van der Waals surface area (Å²) < 4.78 is 19.4. The molecule has 0 aliphatic heterocycles. The van der Waals surface area contributed by atoms with Crippen LogP contribution in [0.1, 0.15) is 22.8 Å². The van der Waals surface area contributed by atoms with Crippen molar-refractivity contribution >= 4 is 11.6 Å². The van der Waals surface area contributed by atoms with Gasteiger partial charge in [-0.1, -0.05) is 60.1 Å². The maximum atomic E-state index is 13.8. The Balaban J connectivity index is 1.47. The van der Waals surface area contributed by atoms with Crippen LogP contribution in [-0.2, 0) is 13.2 Å². The topological polar surface area (TPSA) is 41.5 Å². The zero-order valence-corrected chi connectivity index (χ0v) is 15.5. The first kappa shape index (κ1) is 19.4. The van der Waals surface area contributed by atoms with E-state index in [1.165, 1.54) is 6.07 Å². The largest absolute Gasteiger partial charge is 0.489 e. The lowest BCUT2D eigenvalue weighted by Crippen LogP contribution is -2.21. The number of hydrogen-bond acceptors (Lipinski definition) is 3. The van der Waals surface area contributed by atoms with Crippen LogP contribution in [0.15, 0.2) is 72.8 Å². The number of nitrogens with one attached hydrogen (secondary N) is 1. The van der Waals surface area contributed by atoms with Crippen LogP contribution in [0, 0.1) is 5.82 Å². The number of halogens is 2. The Morgan fingerprint density at radius 3 is 2.41 bits per heavy atom. The van der Waals surface area contributed by atoms with Gasteiger partial charge in [0.2, 0.25) is 0 Å². The molecule has 0 saturated carbocycles. The summed E-state index contributed by atoms with van der Waals surface area (Å²) in [7, 11) is 0. The van der Waals surface area contributed by atoms with Crippen LogP contribution < -0.4 is 10.1 Å². The molecule has 0 bridgehead atoms. The van der Waals surface area contributed by atoms with E-state index in [9.17, 15) is 9.50 Å². The SMILES string of the molecule is OC(CNCc1ccc(OCc2c(F)cccc2Cl)cc1)c1ccccc1. The second-order valence-electron chi connectivity index (χ2n) is 6.19. The molecule has 0 amide bonds. The van der Waals surface area contributed by atoms with Gasteiger partial charge in [0.1, 0.15) is 18.2 Å². The third-order valence-electron chi connectivity index (χ3n) is 4.22. The van der Waals surface area contributed by atoms with Gasteiger partial charge in [-0.25, -0.2) is 4.39 Å². The van der Waals surface area contributed by atoms with Gasteiger partial charge in [0.25, 0.3) is 0 Å². The van der Waals surface area contributed by atoms with Gasteiger partial charge in [-0.2, -0.15) is 0 Å². The van der Waals surface area contributed by atoms with Crippen molar-refractivity contribution in [3.8, 4) is 5.75 Å². The first-order valence-electron chi connectivity index (χ1n) is 8.72. The first-order valence-corrected chi connectivity index (χ1v) is 9.09. The number of rotatable bonds is 8. The van der Waals surface area contributed by atoms with E-state index in [0.717, 1.165) is 11.1 Å². The minimum absolute atomic E-state index is 0.0758. The Hall–Kier alpha value is -2.40. The highest BCUT2D eigenvalue weighted by atomic mass is 35.5. The summed E-state index contributed by atoms with van der Waals surface area (Å²) in [6.45, 7) is 1.17. The fourth-order valence-corrected chi connectivity index (χ4v) is 2.89. The van der Waals surface area contributed by atoms with E-state index < -0.39 is 6.10 Å². The quantitative estimate of drug-likeness (QED) is 0.580. The molecule has 0 spiro atoms. The molecule has 3 nitrogen and oxygen atoms in total. The smallest absolute Gasteiger partial charge is 0.131 e. The molecule has 2 N–H and O–H groups in total. The molecule has 1 unspecified atom stereocenters. The summed E-state index contributed by atoms with van der Waals surface area (Å²) in [6, 6.07) is 21.6. The van der Waals surface area contributed by atoms with Crippen LogP contribution in [0.3, 0.4) is 0 Å². The molecule has 0 radical (unpaired) electrons. The maximum Gasteiger partial charge on any atom is 0.131 e. The summed E-state index contributed by atoms with van der Waals surface area (Å²) >= 11 is 6.00. The second-order valence-corrected chi connectivity index (χ2v) is 6.60. The fraction of sp³-hybridized carbons (Fsp3) is 0.182. The highest BCUT2D eigenvalue weighted by Crippen LogP contribution is 2.21. The van der Waals surface area contributed by atoms with Crippen LogP contribution in [0.4, 0.5) is 4.39 Å². The summed E-state index contributed by atoms with van der Waals surface area (Å²) in [5.74, 6) is 0.266. The van der Waals surface area contributed by atoms with Gasteiger partial charge in [0, 0.05) is 18.7 Å². The van der Waals surface area contributed by atoms with Gasteiger partial charge >= 0.3 is 0 Å². The predicted molar refractivity (Wildman–Crippen MR) is 105 cm³/mol. The molecule has 140 valence electrons. The van der Waals surface area contributed by atoms with Gasteiger partial charge < -0.3 is 15.2 Å². The van der Waals surface area contributed by atoms with E-state index in [1.54, 1.807) is 12.1 Å². The Kier molecular flexibility index (Phi) is 6.82. The number of aliphatic hydroxyl groups is 1. The number of ether oxygens (including phenoxy) is 1. The van der Waals surface area contributed by atoms with Gasteiger partial charge in [-0.3, -0.25) is 0 Å². The van der Waals surface area contributed by atoms with Crippen LogP contribution in [-0.4, -0.2) is 11.7 Å². The molecule has 1 atom stereocenters. The third-order valence-corrected chi connectivity index (χ3v) is 4.57. The zero-order valence-electron chi connectivity index (χ0n) is 14.7. The molecule has 3 aromatic carbocycles. The molecule has 0 heterocycles. The maximum absolute atomic E-state index is 13.8. The lowest BCUT2D eigenvalue weighted by atomic mass is 10.1. The van der Waals surface area contributed by atoms with Crippen molar-refractivity contribution in [3.05, 3.63) is 100 Å². The average Bonchev–Trinajstić information content (AvgIpc) is 2.69. The van der Waals surface area contributed by atoms with Gasteiger partial charge in [-0.05, 0) is 35.4 Å². The fourth-order valence-electron chi connectivity index (χ4n) is 2.68. The van der Waals surface area contributed by atoms with Crippen molar-refractivity contribution in [2.24, 2.45) is 0 Å². The van der Waals surface area contributed by atoms with Crippen LogP contribution >= 0.6 is 11.6 Å². The number of benzene rings is 3. The molecule has 27 heavy (non-hydrogen) atoms. The van der Waals surface area contributed by atoms with Crippen LogP contribution in [0.5, 0.6) is 5.75 Å². The first-order chi connectivity index (χ1) is 13.1. The molecule has 0 aliphatic carbocycles. The molecule has 3 aromatic rings. The minimum atomic E-state index is -0.542. The second kappa shape index (κ2) is 9.51. The standard InChI is InChI=1S/C22H21ClFNO2/c23-20-7-4-8-21(24)19(20)15-27-18-11-9-16(10-12-18)13-25-14-22(26)17-5-2-1-3-6-17/h1-12,22,25-26H,13-15H2. The predicted octanol–water partition coefficient (Wildman–Crippen LogP) is 4.88. The summed E-state index contributed by atoms with van der Waals surface area (Å²) in [5.41, 5.74) is 2.30. The Morgan fingerprint density at radius 1 is 0.963 bits per heavy atom. The van der Waals surface area contributed by atoms with Gasteiger partial charge in [0.05, 0.1) is 11.1 Å². The summed E-state index contributed by atoms with van der Waals surface area (Å²) in [6.07, 6.45) is -0.542. The zero-order chi connectivity index (χ0) is 19.1. The summed E-state index contributed by atoms with van der Waals surface area (Å²) in [5, 5.41) is 13.7. The van der Waals surface area contributed by atoms with Crippen LogP contribution in [0.25, 0.3) is 0 Å². The lowest BCUT2D eigenvalue weighted by Gasteiger charge is -2.13. The molecule has 0 aliphatic rings. The molecule has 3 rings (SSSR count). The van der Waals surface area contributed by atoms with Crippen molar-refractivity contribution in [2.45, 2.75) is 19.3 Å². The number of hydrogen-bond donors (Lipinski definition) is 2. The average molecular weight is 386 g/mol. The van der Waals surface area contributed by atoms with E-state index in [2.05, 4.69) is 5.32 Å². The van der Waals surface area contributed by atoms with Crippen LogP contribution in [0.2, 0.25) is 5.02 Å². The summed E-state index contributed by atoms with van der Waals surface area (Å²) in [4.78, 5) is 0. The third kappa shape index (κ3) is 5.54. The highest BCUT2D eigenvalue weighted by Gasteiger charge is 2.08. The van der Waals surface area contributed by atoms with Crippen molar-refractivity contribution in [1.29, 1.82) is 0 Å². The molecular weight excluding hydrogens is 365 g/mol. The number of aliphatic hydroxyl groups excluding tert-OH is 1.